The normalized spacial score (nSPS) is 11.2. The van der Waals surface area contributed by atoms with Gasteiger partial charge in [0, 0.05) is 10.0 Å². The number of phenols is 1. The Morgan fingerprint density at radius 3 is 2.48 bits per heavy atom. The maximum atomic E-state index is 12.9. The van der Waals surface area contributed by atoms with E-state index in [0.717, 1.165) is 12.1 Å². The Hall–Kier alpha value is -2.02. The number of hydrogen-bond acceptors (Lipinski definition) is 2. The third-order valence-corrected chi connectivity index (χ3v) is 3.14. The van der Waals surface area contributed by atoms with E-state index >= 15 is 0 Å². The molecule has 0 atom stereocenters. The Kier molecular flexibility index (Phi) is 4.22. The Balaban J connectivity index is 2.34. The van der Waals surface area contributed by atoms with E-state index < -0.39 is 17.6 Å². The minimum Gasteiger partial charge on any atom is -0.508 e. The van der Waals surface area contributed by atoms with E-state index in [1.165, 1.54) is 30.3 Å². The standard InChI is InChI=1S/C14H9BrF3NO2/c15-9-4-5-12(11(7-9)14(16,17)18)19-13(21)8-2-1-3-10(20)6-8/h1-7,20H,(H,19,21). The van der Waals surface area contributed by atoms with Crippen molar-refractivity contribution in [3.05, 3.63) is 58.1 Å². The van der Waals surface area contributed by atoms with Crippen molar-refractivity contribution in [1.29, 1.82) is 0 Å². The smallest absolute Gasteiger partial charge is 0.418 e. The van der Waals surface area contributed by atoms with Gasteiger partial charge in [0.15, 0.2) is 0 Å². The summed E-state index contributed by atoms with van der Waals surface area (Å²) < 4.78 is 39.1. The van der Waals surface area contributed by atoms with Gasteiger partial charge in [0.1, 0.15) is 5.75 Å². The maximum Gasteiger partial charge on any atom is 0.418 e. The number of benzene rings is 2. The van der Waals surface area contributed by atoms with Crippen molar-refractivity contribution in [2.24, 2.45) is 0 Å². The molecule has 0 aliphatic heterocycles. The fraction of sp³-hybridized carbons (Fsp3) is 0.0714. The fourth-order valence-electron chi connectivity index (χ4n) is 1.70. The zero-order valence-electron chi connectivity index (χ0n) is 10.4. The second kappa shape index (κ2) is 5.77. The van der Waals surface area contributed by atoms with Crippen molar-refractivity contribution in [3.8, 4) is 5.75 Å². The monoisotopic (exact) mass is 359 g/mol. The van der Waals surface area contributed by atoms with Crippen LogP contribution in [0.4, 0.5) is 18.9 Å². The van der Waals surface area contributed by atoms with Crippen LogP contribution in [-0.2, 0) is 6.18 Å². The van der Waals surface area contributed by atoms with Gasteiger partial charge >= 0.3 is 6.18 Å². The summed E-state index contributed by atoms with van der Waals surface area (Å²) in [6.07, 6.45) is -4.59. The number of anilines is 1. The largest absolute Gasteiger partial charge is 0.508 e. The van der Waals surface area contributed by atoms with E-state index in [-0.39, 0.29) is 21.5 Å². The first-order chi connectivity index (χ1) is 9.77. The lowest BCUT2D eigenvalue weighted by Gasteiger charge is -2.14. The summed E-state index contributed by atoms with van der Waals surface area (Å²) in [5.41, 5.74) is -1.24. The van der Waals surface area contributed by atoms with E-state index in [2.05, 4.69) is 21.2 Å². The van der Waals surface area contributed by atoms with Crippen molar-refractivity contribution in [2.45, 2.75) is 6.18 Å². The highest BCUT2D eigenvalue weighted by Crippen LogP contribution is 2.36. The van der Waals surface area contributed by atoms with Crippen LogP contribution >= 0.6 is 15.9 Å². The van der Waals surface area contributed by atoms with Gasteiger partial charge in [-0.1, -0.05) is 22.0 Å². The highest BCUT2D eigenvalue weighted by atomic mass is 79.9. The summed E-state index contributed by atoms with van der Waals surface area (Å²) in [5.74, 6) is -0.881. The van der Waals surface area contributed by atoms with E-state index in [9.17, 15) is 23.1 Å². The van der Waals surface area contributed by atoms with Gasteiger partial charge in [-0.05, 0) is 36.4 Å². The first-order valence-electron chi connectivity index (χ1n) is 5.74. The van der Waals surface area contributed by atoms with Crippen molar-refractivity contribution in [2.75, 3.05) is 5.32 Å². The topological polar surface area (TPSA) is 49.3 Å². The molecule has 110 valence electrons. The van der Waals surface area contributed by atoms with Crippen molar-refractivity contribution in [1.82, 2.24) is 0 Å². The van der Waals surface area contributed by atoms with Crippen molar-refractivity contribution >= 4 is 27.5 Å². The number of hydrogen-bond donors (Lipinski definition) is 2. The molecule has 0 saturated heterocycles. The average Bonchev–Trinajstić information content (AvgIpc) is 2.39. The molecule has 0 unspecified atom stereocenters. The van der Waals surface area contributed by atoms with Crippen LogP contribution < -0.4 is 5.32 Å². The van der Waals surface area contributed by atoms with Crippen LogP contribution in [0, 0.1) is 0 Å². The zero-order valence-corrected chi connectivity index (χ0v) is 12.0. The molecule has 2 N–H and O–H groups in total. The molecule has 0 radical (unpaired) electrons. The molecule has 0 aliphatic rings. The number of rotatable bonds is 2. The molecule has 21 heavy (non-hydrogen) atoms. The summed E-state index contributed by atoms with van der Waals surface area (Å²) >= 11 is 2.96. The molecule has 0 aromatic heterocycles. The van der Waals surface area contributed by atoms with Crippen molar-refractivity contribution < 1.29 is 23.1 Å². The number of alkyl halides is 3. The van der Waals surface area contributed by atoms with E-state index in [1.807, 2.05) is 0 Å². The van der Waals surface area contributed by atoms with Gasteiger partial charge in [-0.3, -0.25) is 4.79 Å². The number of carbonyl (C=O) groups excluding carboxylic acids is 1. The van der Waals surface area contributed by atoms with Gasteiger partial charge in [-0.15, -0.1) is 0 Å². The van der Waals surface area contributed by atoms with Crippen LogP contribution in [0.3, 0.4) is 0 Å². The number of aromatic hydroxyl groups is 1. The molecule has 0 heterocycles. The first kappa shape index (κ1) is 15.4. The summed E-state index contributed by atoms with van der Waals surface area (Å²) in [6, 6.07) is 8.79. The van der Waals surface area contributed by atoms with Crippen LogP contribution in [0.5, 0.6) is 5.75 Å². The molecule has 2 aromatic rings. The third kappa shape index (κ3) is 3.75. The number of halogens is 4. The molecule has 0 bridgehead atoms. The Morgan fingerprint density at radius 2 is 1.86 bits per heavy atom. The molecule has 3 nitrogen and oxygen atoms in total. The van der Waals surface area contributed by atoms with Gasteiger partial charge in [0.25, 0.3) is 5.91 Å². The van der Waals surface area contributed by atoms with Crippen LogP contribution in [-0.4, -0.2) is 11.0 Å². The van der Waals surface area contributed by atoms with Crippen LogP contribution in [0.2, 0.25) is 0 Å². The zero-order chi connectivity index (χ0) is 15.6. The number of phenolic OH excluding ortho intramolecular Hbond substituents is 1. The number of nitrogens with one attached hydrogen (secondary N) is 1. The van der Waals surface area contributed by atoms with Gasteiger partial charge in [0.2, 0.25) is 0 Å². The molecule has 0 fully saturated rings. The van der Waals surface area contributed by atoms with Gasteiger partial charge in [-0.25, -0.2) is 0 Å². The molecular formula is C14H9BrF3NO2. The lowest BCUT2D eigenvalue weighted by molar-refractivity contribution is -0.136. The molecule has 2 aromatic carbocycles. The second-order valence-electron chi connectivity index (χ2n) is 4.19. The molecule has 1 amide bonds. The number of amides is 1. The molecule has 7 heteroatoms. The maximum absolute atomic E-state index is 12.9. The summed E-state index contributed by atoms with van der Waals surface area (Å²) in [7, 11) is 0. The fourth-order valence-corrected chi connectivity index (χ4v) is 2.06. The highest BCUT2D eigenvalue weighted by molar-refractivity contribution is 9.10. The molecule has 0 aliphatic carbocycles. The lowest BCUT2D eigenvalue weighted by atomic mass is 10.1. The molecule has 0 saturated carbocycles. The Bertz CT molecular complexity index is 686. The minimum atomic E-state index is -4.59. The Labute approximate surface area is 126 Å². The van der Waals surface area contributed by atoms with Gasteiger partial charge in [0.05, 0.1) is 11.3 Å². The predicted molar refractivity (Wildman–Crippen MR) is 75.2 cm³/mol. The second-order valence-corrected chi connectivity index (χ2v) is 5.11. The van der Waals surface area contributed by atoms with Gasteiger partial charge in [-0.2, -0.15) is 13.2 Å². The quantitative estimate of drug-likeness (QED) is 0.833. The molecule has 0 spiro atoms. The van der Waals surface area contributed by atoms with E-state index in [0.29, 0.717) is 0 Å². The first-order valence-corrected chi connectivity index (χ1v) is 6.54. The average molecular weight is 360 g/mol. The summed E-state index contributed by atoms with van der Waals surface area (Å²) in [4.78, 5) is 11.9. The van der Waals surface area contributed by atoms with Crippen LogP contribution in [0.15, 0.2) is 46.9 Å². The number of carbonyl (C=O) groups is 1. The van der Waals surface area contributed by atoms with Gasteiger partial charge < -0.3 is 10.4 Å². The lowest BCUT2D eigenvalue weighted by Crippen LogP contribution is -2.16. The van der Waals surface area contributed by atoms with Crippen LogP contribution in [0.1, 0.15) is 15.9 Å². The minimum absolute atomic E-state index is 0.0612. The van der Waals surface area contributed by atoms with E-state index in [4.69, 9.17) is 0 Å². The third-order valence-electron chi connectivity index (χ3n) is 2.64. The van der Waals surface area contributed by atoms with Crippen molar-refractivity contribution in [3.63, 3.8) is 0 Å². The van der Waals surface area contributed by atoms with Crippen LogP contribution in [0.25, 0.3) is 0 Å². The molecule has 2 rings (SSSR count). The highest BCUT2D eigenvalue weighted by Gasteiger charge is 2.34. The summed E-state index contributed by atoms with van der Waals surface area (Å²) in [6.45, 7) is 0. The SMILES string of the molecule is O=C(Nc1ccc(Br)cc1C(F)(F)F)c1cccc(O)c1. The predicted octanol–water partition coefficient (Wildman–Crippen LogP) is 4.43. The molecular weight excluding hydrogens is 351 g/mol. The van der Waals surface area contributed by atoms with E-state index in [1.54, 1.807) is 0 Å². The Morgan fingerprint density at radius 1 is 1.14 bits per heavy atom. The summed E-state index contributed by atoms with van der Waals surface area (Å²) in [5, 5.41) is 11.5.